The van der Waals surface area contributed by atoms with Gasteiger partial charge in [0.1, 0.15) is 5.82 Å². The Balaban J connectivity index is 0.00000210. The molecule has 9 heteroatoms. The van der Waals surface area contributed by atoms with Crippen molar-refractivity contribution in [2.24, 2.45) is 5.92 Å². The molecule has 0 aliphatic heterocycles. The van der Waals surface area contributed by atoms with E-state index >= 15 is 0 Å². The van der Waals surface area contributed by atoms with Gasteiger partial charge < -0.3 is 5.32 Å². The molecule has 0 amide bonds. The molecule has 2 aromatic heterocycles. The van der Waals surface area contributed by atoms with Crippen LogP contribution in [-0.2, 0) is 10.0 Å². The largest absolute Gasteiger partial charge is 0.367 e. The van der Waals surface area contributed by atoms with Crippen LogP contribution in [0.4, 0.5) is 5.82 Å². The van der Waals surface area contributed by atoms with Crippen molar-refractivity contribution in [3.63, 3.8) is 0 Å². The highest BCUT2D eigenvalue weighted by atomic mass is 35.5. The van der Waals surface area contributed by atoms with E-state index in [1.54, 1.807) is 30.3 Å². The molecule has 1 saturated carbocycles. The van der Waals surface area contributed by atoms with Gasteiger partial charge in [0.25, 0.3) is 10.0 Å². The highest BCUT2D eigenvalue weighted by Gasteiger charge is 2.29. The maximum Gasteiger partial charge on any atom is 0.269 e. The fraction of sp³-hybridized carbons (Fsp3) is 0.333. The predicted molar refractivity (Wildman–Crippen MR) is 112 cm³/mol. The summed E-state index contributed by atoms with van der Waals surface area (Å²) < 4.78 is 27.2. The van der Waals surface area contributed by atoms with Gasteiger partial charge in [-0.3, -0.25) is 0 Å². The van der Waals surface area contributed by atoms with Crippen molar-refractivity contribution in [3.05, 3.63) is 47.4 Å². The highest BCUT2D eigenvalue weighted by Crippen LogP contribution is 2.35. The molecule has 0 bridgehead atoms. The SMILES string of the molecule is Cc1ccc(S(=O)(=O)n2ccc3c(N[C@@H](C)C4CC4)nc(Cl)nc32)cc1.S. The molecule has 1 atom stereocenters. The van der Waals surface area contributed by atoms with E-state index in [2.05, 4.69) is 22.2 Å². The van der Waals surface area contributed by atoms with Gasteiger partial charge in [-0.2, -0.15) is 18.5 Å². The third-order valence-corrected chi connectivity index (χ3v) is 6.60. The lowest BCUT2D eigenvalue weighted by atomic mass is 10.2. The third kappa shape index (κ3) is 3.79. The number of nitrogens with one attached hydrogen (secondary N) is 1. The number of aromatic nitrogens is 3. The van der Waals surface area contributed by atoms with E-state index in [1.807, 2.05) is 6.92 Å². The average Bonchev–Trinajstić information content (AvgIpc) is 3.35. The van der Waals surface area contributed by atoms with Crippen molar-refractivity contribution in [1.82, 2.24) is 13.9 Å². The summed E-state index contributed by atoms with van der Waals surface area (Å²) in [5, 5.41) is 4.01. The Morgan fingerprint density at radius 3 is 2.48 bits per heavy atom. The van der Waals surface area contributed by atoms with Gasteiger partial charge in [0, 0.05) is 12.2 Å². The van der Waals surface area contributed by atoms with Crippen LogP contribution in [0.2, 0.25) is 5.28 Å². The molecule has 1 N–H and O–H groups in total. The van der Waals surface area contributed by atoms with Crippen LogP contribution < -0.4 is 5.32 Å². The number of hydrogen-bond donors (Lipinski definition) is 1. The molecule has 27 heavy (non-hydrogen) atoms. The summed E-state index contributed by atoms with van der Waals surface area (Å²) in [5.41, 5.74) is 1.27. The lowest BCUT2D eigenvalue weighted by molar-refractivity contribution is 0.588. The summed E-state index contributed by atoms with van der Waals surface area (Å²) in [6.45, 7) is 4.01. The number of halogens is 1. The first-order valence-electron chi connectivity index (χ1n) is 8.49. The Morgan fingerprint density at radius 2 is 1.85 bits per heavy atom. The maximum atomic E-state index is 13.0. The summed E-state index contributed by atoms with van der Waals surface area (Å²) >= 11 is 6.08. The van der Waals surface area contributed by atoms with Crippen LogP contribution in [0.1, 0.15) is 25.3 Å². The summed E-state index contributed by atoms with van der Waals surface area (Å²) in [6, 6.07) is 8.68. The smallest absolute Gasteiger partial charge is 0.269 e. The minimum Gasteiger partial charge on any atom is -0.367 e. The molecule has 1 aliphatic carbocycles. The Kier molecular flexibility index (Phi) is 5.42. The van der Waals surface area contributed by atoms with E-state index in [9.17, 15) is 8.42 Å². The van der Waals surface area contributed by atoms with Crippen LogP contribution in [0.5, 0.6) is 0 Å². The fourth-order valence-corrected chi connectivity index (χ4v) is 4.48. The Morgan fingerprint density at radius 1 is 1.19 bits per heavy atom. The maximum absolute atomic E-state index is 13.0. The molecule has 0 saturated heterocycles. The molecule has 144 valence electrons. The molecule has 1 fully saturated rings. The lowest BCUT2D eigenvalue weighted by Gasteiger charge is -2.14. The first kappa shape index (κ1) is 20.0. The zero-order chi connectivity index (χ0) is 18.5. The highest BCUT2D eigenvalue weighted by molar-refractivity contribution is 7.90. The van der Waals surface area contributed by atoms with Crippen molar-refractivity contribution in [2.45, 2.75) is 37.6 Å². The van der Waals surface area contributed by atoms with Gasteiger partial charge in [-0.05, 0) is 62.4 Å². The van der Waals surface area contributed by atoms with Crippen molar-refractivity contribution in [3.8, 4) is 0 Å². The normalized spacial score (nSPS) is 15.4. The van der Waals surface area contributed by atoms with Crippen LogP contribution in [0, 0.1) is 12.8 Å². The number of rotatable bonds is 5. The molecule has 3 aromatic rings. The minimum absolute atomic E-state index is 0. The quantitative estimate of drug-likeness (QED) is 0.627. The molecule has 4 rings (SSSR count). The van der Waals surface area contributed by atoms with Gasteiger partial charge >= 0.3 is 0 Å². The number of nitrogens with zero attached hydrogens (tertiary/aromatic N) is 3. The van der Waals surface area contributed by atoms with Gasteiger partial charge in [-0.15, -0.1) is 0 Å². The van der Waals surface area contributed by atoms with E-state index in [0.29, 0.717) is 17.1 Å². The van der Waals surface area contributed by atoms with Crippen LogP contribution in [0.25, 0.3) is 11.0 Å². The van der Waals surface area contributed by atoms with Gasteiger partial charge in [-0.1, -0.05) is 17.7 Å². The molecule has 0 radical (unpaired) electrons. The molecule has 0 spiro atoms. The standard InChI is InChI=1S/C18H19ClN4O2S.H2S/c1-11-3-7-14(8-4-11)26(24,25)23-10-9-15-16(20-12(2)13-5-6-13)21-18(19)22-17(15)23;/h3-4,7-10,12-13H,5-6H2,1-2H3,(H,20,21,22);1H2/t12-;/m0./s1. The second-order valence-electron chi connectivity index (χ2n) is 6.78. The molecular weight excluding hydrogens is 404 g/mol. The molecule has 2 heterocycles. The minimum atomic E-state index is -3.77. The van der Waals surface area contributed by atoms with E-state index in [0.717, 1.165) is 9.54 Å². The Bertz CT molecular complexity index is 1080. The van der Waals surface area contributed by atoms with Crippen molar-refractivity contribution in [1.29, 1.82) is 0 Å². The van der Waals surface area contributed by atoms with Gasteiger partial charge in [0.15, 0.2) is 5.65 Å². The van der Waals surface area contributed by atoms with E-state index in [4.69, 9.17) is 11.6 Å². The number of hydrogen-bond acceptors (Lipinski definition) is 5. The summed E-state index contributed by atoms with van der Waals surface area (Å²) in [6.07, 6.45) is 3.88. The predicted octanol–water partition coefficient (Wildman–Crippen LogP) is 3.95. The number of benzene rings is 1. The van der Waals surface area contributed by atoms with Crippen molar-refractivity contribution >= 4 is 52.0 Å². The monoisotopic (exact) mass is 424 g/mol. The molecular formula is C18H21ClN4O2S2. The molecule has 1 aliphatic rings. The van der Waals surface area contributed by atoms with Gasteiger partial charge in [-0.25, -0.2) is 17.4 Å². The number of aryl methyl sites for hydroxylation is 1. The molecule has 6 nitrogen and oxygen atoms in total. The van der Waals surface area contributed by atoms with Crippen LogP contribution >= 0.6 is 25.1 Å². The third-order valence-electron chi connectivity index (χ3n) is 4.75. The average molecular weight is 425 g/mol. The van der Waals surface area contributed by atoms with Crippen LogP contribution in [-0.4, -0.2) is 28.4 Å². The van der Waals surface area contributed by atoms with E-state index in [-0.39, 0.29) is 35.4 Å². The molecule has 1 aromatic carbocycles. The summed E-state index contributed by atoms with van der Waals surface area (Å²) in [4.78, 5) is 8.64. The zero-order valence-electron chi connectivity index (χ0n) is 15.0. The first-order chi connectivity index (χ1) is 12.4. The topological polar surface area (TPSA) is 76.9 Å². The summed E-state index contributed by atoms with van der Waals surface area (Å²) in [7, 11) is -3.77. The second kappa shape index (κ2) is 7.33. The first-order valence-corrected chi connectivity index (χ1v) is 10.3. The lowest BCUT2D eigenvalue weighted by Crippen LogP contribution is -2.19. The molecule has 0 unspecified atom stereocenters. The Hall–Kier alpha value is -1.77. The van der Waals surface area contributed by atoms with Gasteiger partial charge in [0.2, 0.25) is 5.28 Å². The van der Waals surface area contributed by atoms with Gasteiger partial charge in [0.05, 0.1) is 10.3 Å². The van der Waals surface area contributed by atoms with Crippen LogP contribution in [0.15, 0.2) is 41.4 Å². The second-order valence-corrected chi connectivity index (χ2v) is 8.93. The zero-order valence-corrected chi connectivity index (χ0v) is 17.5. The van der Waals surface area contributed by atoms with Crippen molar-refractivity contribution < 1.29 is 8.42 Å². The van der Waals surface area contributed by atoms with E-state index in [1.165, 1.54) is 19.0 Å². The van der Waals surface area contributed by atoms with E-state index < -0.39 is 10.0 Å². The number of fused-ring (bicyclic) bond motifs is 1. The number of anilines is 1. The van der Waals surface area contributed by atoms with Crippen molar-refractivity contribution in [2.75, 3.05) is 5.32 Å². The fourth-order valence-electron chi connectivity index (χ4n) is 3.02. The summed E-state index contributed by atoms with van der Waals surface area (Å²) in [5.74, 6) is 1.19. The Labute approximate surface area is 170 Å². The van der Waals surface area contributed by atoms with Crippen LogP contribution in [0.3, 0.4) is 0 Å².